The van der Waals surface area contributed by atoms with Crippen LogP contribution >= 0.6 is 11.3 Å². The topological polar surface area (TPSA) is 80.1 Å². The molecule has 1 aliphatic rings. The number of para-hydroxylation sites is 1. The lowest BCUT2D eigenvalue weighted by molar-refractivity contribution is 0.0949. The molecule has 1 aromatic carbocycles. The normalized spacial score (nSPS) is 17.1. The lowest BCUT2D eigenvalue weighted by Crippen LogP contribution is -2.47. The van der Waals surface area contributed by atoms with Crippen molar-refractivity contribution in [2.24, 2.45) is 0 Å². The SMILES string of the molecule is CC(C)n1nc(N2CCCCC2CNC(=O)c2nc3ccccc3s2)ccc1=O. The van der Waals surface area contributed by atoms with Crippen molar-refractivity contribution in [1.29, 1.82) is 0 Å². The Morgan fingerprint density at radius 2 is 2.07 bits per heavy atom. The van der Waals surface area contributed by atoms with Crippen LogP contribution in [0.3, 0.4) is 0 Å². The van der Waals surface area contributed by atoms with Gasteiger partial charge in [0.15, 0.2) is 5.01 Å². The van der Waals surface area contributed by atoms with Gasteiger partial charge in [-0.3, -0.25) is 9.59 Å². The Balaban J connectivity index is 1.48. The molecular formula is C21H25N5O2S. The number of hydrogen-bond donors (Lipinski definition) is 1. The number of carbonyl (C=O) groups excluding carboxylic acids is 1. The van der Waals surface area contributed by atoms with Gasteiger partial charge in [0, 0.05) is 25.2 Å². The van der Waals surface area contributed by atoms with Crippen LogP contribution in [0.15, 0.2) is 41.2 Å². The van der Waals surface area contributed by atoms with Crippen molar-refractivity contribution >= 4 is 33.3 Å². The maximum atomic E-state index is 12.6. The molecule has 2 aromatic heterocycles. The van der Waals surface area contributed by atoms with Gasteiger partial charge in [-0.05, 0) is 51.3 Å². The highest BCUT2D eigenvalue weighted by molar-refractivity contribution is 7.20. The third-order valence-electron chi connectivity index (χ3n) is 5.21. The molecule has 4 rings (SSSR count). The monoisotopic (exact) mass is 411 g/mol. The van der Waals surface area contributed by atoms with E-state index in [9.17, 15) is 9.59 Å². The highest BCUT2D eigenvalue weighted by Crippen LogP contribution is 2.24. The standard InChI is InChI=1S/C21H25N5O2S/c1-14(2)26-19(27)11-10-18(24-26)25-12-6-5-7-15(25)13-22-20(28)21-23-16-8-3-4-9-17(16)29-21/h3-4,8-11,14-15H,5-7,12-13H2,1-2H3,(H,22,28). The summed E-state index contributed by atoms with van der Waals surface area (Å²) in [4.78, 5) is 31.3. The van der Waals surface area contributed by atoms with Crippen molar-refractivity contribution < 1.29 is 4.79 Å². The zero-order valence-electron chi connectivity index (χ0n) is 16.7. The molecule has 3 heterocycles. The molecule has 1 saturated heterocycles. The minimum absolute atomic E-state index is 0.00410. The first-order valence-electron chi connectivity index (χ1n) is 10.0. The molecule has 8 heteroatoms. The number of amides is 1. The maximum absolute atomic E-state index is 12.6. The van der Waals surface area contributed by atoms with Crippen LogP contribution in [0, 0.1) is 0 Å². The molecule has 0 aliphatic carbocycles. The van der Waals surface area contributed by atoms with E-state index in [1.54, 1.807) is 12.1 Å². The quantitative estimate of drug-likeness (QED) is 0.697. The summed E-state index contributed by atoms with van der Waals surface area (Å²) < 4.78 is 2.53. The summed E-state index contributed by atoms with van der Waals surface area (Å²) in [7, 11) is 0. The number of fused-ring (bicyclic) bond motifs is 1. The largest absolute Gasteiger partial charge is 0.350 e. The third-order valence-corrected chi connectivity index (χ3v) is 6.24. The molecule has 1 aliphatic heterocycles. The fraction of sp³-hybridized carbons (Fsp3) is 0.429. The summed E-state index contributed by atoms with van der Waals surface area (Å²) in [5, 5.41) is 8.10. The van der Waals surface area contributed by atoms with Gasteiger partial charge < -0.3 is 10.2 Å². The second-order valence-corrected chi connectivity index (χ2v) is 8.64. The fourth-order valence-corrected chi connectivity index (χ4v) is 4.59. The minimum atomic E-state index is -0.142. The Bertz CT molecular complexity index is 1040. The number of anilines is 1. The van der Waals surface area contributed by atoms with Crippen LogP contribution < -0.4 is 15.8 Å². The molecule has 1 N–H and O–H groups in total. The molecular weight excluding hydrogens is 386 g/mol. The van der Waals surface area contributed by atoms with Crippen molar-refractivity contribution in [3.05, 3.63) is 51.8 Å². The number of piperidine rings is 1. The van der Waals surface area contributed by atoms with E-state index >= 15 is 0 Å². The number of nitrogens with one attached hydrogen (secondary N) is 1. The van der Waals surface area contributed by atoms with Crippen molar-refractivity contribution in [3.8, 4) is 0 Å². The van der Waals surface area contributed by atoms with Gasteiger partial charge in [-0.25, -0.2) is 9.67 Å². The smallest absolute Gasteiger partial charge is 0.280 e. The van der Waals surface area contributed by atoms with Crippen LogP contribution in [-0.2, 0) is 0 Å². The molecule has 7 nitrogen and oxygen atoms in total. The van der Waals surface area contributed by atoms with Gasteiger partial charge in [0.25, 0.3) is 11.5 Å². The second-order valence-electron chi connectivity index (χ2n) is 7.61. The molecule has 3 aromatic rings. The van der Waals surface area contributed by atoms with Gasteiger partial charge in [-0.1, -0.05) is 12.1 Å². The summed E-state index contributed by atoms with van der Waals surface area (Å²) in [5.74, 6) is 0.647. The van der Waals surface area contributed by atoms with Crippen LogP contribution in [0.1, 0.15) is 49.0 Å². The fourth-order valence-electron chi connectivity index (χ4n) is 3.71. The number of nitrogens with zero attached hydrogens (tertiary/aromatic N) is 4. The van der Waals surface area contributed by atoms with Crippen LogP contribution in [0.2, 0.25) is 0 Å². The van der Waals surface area contributed by atoms with Crippen molar-refractivity contribution in [3.63, 3.8) is 0 Å². The number of rotatable bonds is 5. The van der Waals surface area contributed by atoms with E-state index in [4.69, 9.17) is 0 Å². The van der Waals surface area contributed by atoms with E-state index in [1.807, 2.05) is 38.1 Å². The Hall–Kier alpha value is -2.74. The van der Waals surface area contributed by atoms with Gasteiger partial charge in [-0.15, -0.1) is 11.3 Å². The van der Waals surface area contributed by atoms with Gasteiger partial charge in [0.2, 0.25) is 0 Å². The van der Waals surface area contributed by atoms with Gasteiger partial charge >= 0.3 is 0 Å². The number of carbonyl (C=O) groups is 1. The second kappa shape index (κ2) is 8.32. The van der Waals surface area contributed by atoms with Crippen LogP contribution in [-0.4, -0.2) is 39.8 Å². The van der Waals surface area contributed by atoms with Gasteiger partial charge in [0.1, 0.15) is 5.82 Å². The predicted octanol–water partition coefficient (Wildman–Crippen LogP) is 3.22. The number of benzene rings is 1. The van der Waals surface area contributed by atoms with Gasteiger partial charge in [0.05, 0.1) is 16.3 Å². The van der Waals surface area contributed by atoms with E-state index < -0.39 is 0 Å². The number of aromatic nitrogens is 3. The first kappa shape index (κ1) is 19.6. The van der Waals surface area contributed by atoms with Crippen molar-refractivity contribution in [2.45, 2.75) is 45.2 Å². The van der Waals surface area contributed by atoms with Crippen molar-refractivity contribution in [2.75, 3.05) is 18.0 Å². The van der Waals surface area contributed by atoms with E-state index in [1.165, 1.54) is 16.0 Å². The molecule has 1 unspecified atom stereocenters. The van der Waals surface area contributed by atoms with E-state index in [0.29, 0.717) is 11.6 Å². The van der Waals surface area contributed by atoms with Crippen LogP contribution in [0.5, 0.6) is 0 Å². The zero-order chi connectivity index (χ0) is 20.4. The van der Waals surface area contributed by atoms with E-state index in [0.717, 1.165) is 41.8 Å². The molecule has 29 heavy (non-hydrogen) atoms. The average Bonchev–Trinajstić information content (AvgIpc) is 3.17. The molecule has 1 amide bonds. The number of hydrogen-bond acceptors (Lipinski definition) is 6. The summed E-state index contributed by atoms with van der Waals surface area (Å²) >= 11 is 1.41. The number of thiazole rings is 1. The summed E-state index contributed by atoms with van der Waals surface area (Å²) in [6, 6.07) is 11.3. The minimum Gasteiger partial charge on any atom is -0.350 e. The molecule has 0 saturated carbocycles. The highest BCUT2D eigenvalue weighted by atomic mass is 32.1. The Morgan fingerprint density at radius 3 is 2.86 bits per heavy atom. The highest BCUT2D eigenvalue weighted by Gasteiger charge is 2.25. The van der Waals surface area contributed by atoms with Crippen molar-refractivity contribution in [1.82, 2.24) is 20.1 Å². The Kier molecular flexibility index (Phi) is 5.62. The molecule has 0 spiro atoms. The summed E-state index contributed by atoms with van der Waals surface area (Å²) in [6.07, 6.45) is 3.16. The lowest BCUT2D eigenvalue weighted by Gasteiger charge is -2.36. The van der Waals surface area contributed by atoms with Crippen LogP contribution in [0.4, 0.5) is 5.82 Å². The summed E-state index contributed by atoms with van der Waals surface area (Å²) in [6.45, 7) is 5.29. The van der Waals surface area contributed by atoms with Gasteiger partial charge in [-0.2, -0.15) is 5.10 Å². The van der Waals surface area contributed by atoms with E-state index in [2.05, 4.69) is 20.3 Å². The zero-order valence-corrected chi connectivity index (χ0v) is 17.5. The summed E-state index contributed by atoms with van der Waals surface area (Å²) in [5.41, 5.74) is 0.753. The maximum Gasteiger partial charge on any atom is 0.280 e. The first-order chi connectivity index (χ1) is 14.0. The van der Waals surface area contributed by atoms with Crippen LogP contribution in [0.25, 0.3) is 10.2 Å². The molecule has 1 atom stereocenters. The Morgan fingerprint density at radius 1 is 1.24 bits per heavy atom. The molecule has 0 bridgehead atoms. The molecule has 0 radical (unpaired) electrons. The first-order valence-corrected chi connectivity index (χ1v) is 10.8. The average molecular weight is 412 g/mol. The molecule has 1 fully saturated rings. The third kappa shape index (κ3) is 4.17. The Labute approximate surface area is 173 Å². The lowest BCUT2D eigenvalue weighted by atomic mass is 10.0. The van der Waals surface area contributed by atoms with E-state index in [-0.39, 0.29) is 23.6 Å². The predicted molar refractivity (Wildman–Crippen MR) is 116 cm³/mol. The molecule has 152 valence electrons.